The molecule has 0 aromatic carbocycles. The second-order valence-corrected chi connectivity index (χ2v) is 3.62. The molecule has 0 aliphatic heterocycles. The van der Waals surface area contributed by atoms with Crippen molar-refractivity contribution in [1.82, 2.24) is 0 Å². The van der Waals surface area contributed by atoms with E-state index < -0.39 is 0 Å². The summed E-state index contributed by atoms with van der Waals surface area (Å²) in [4.78, 5) is 0. The highest BCUT2D eigenvalue weighted by molar-refractivity contribution is 6.08. The molecule has 1 aromatic rings. The Kier molecular flexibility index (Phi) is 2.63. The van der Waals surface area contributed by atoms with E-state index in [4.69, 9.17) is 0 Å². The number of aromatic nitrogens is 1. The van der Waals surface area contributed by atoms with Crippen LogP contribution in [0.5, 0.6) is 0 Å². The third-order valence-electron chi connectivity index (χ3n) is 1.59. The lowest BCUT2D eigenvalue weighted by molar-refractivity contribution is -0.671. The summed E-state index contributed by atoms with van der Waals surface area (Å²) >= 11 is 0. The van der Waals surface area contributed by atoms with Crippen LogP contribution in [-0.4, -0.2) is 10.2 Å². The van der Waals surface area contributed by atoms with Crippen molar-refractivity contribution in [2.45, 2.75) is 12.5 Å². The van der Waals surface area contributed by atoms with Gasteiger partial charge >= 0.3 is 0 Å². The van der Waals surface area contributed by atoms with E-state index in [-0.39, 0.29) is 0 Å². The van der Waals surface area contributed by atoms with Gasteiger partial charge in [0.1, 0.15) is 7.05 Å². The van der Waals surface area contributed by atoms with Crippen LogP contribution in [0.25, 0.3) is 0 Å². The van der Waals surface area contributed by atoms with Crippen LogP contribution in [0.2, 0.25) is 6.04 Å². The second-order valence-electron chi connectivity index (χ2n) is 2.62. The summed E-state index contributed by atoms with van der Waals surface area (Å²) in [6, 6.07) is 5.75. The van der Waals surface area contributed by atoms with Crippen LogP contribution in [-0.2, 0) is 13.5 Å². The maximum absolute atomic E-state index is 2.19. The first-order chi connectivity index (χ1) is 4.83. The van der Waals surface area contributed by atoms with Gasteiger partial charge in [-0.3, -0.25) is 0 Å². The van der Waals surface area contributed by atoms with Gasteiger partial charge in [-0.25, -0.2) is 4.57 Å². The second kappa shape index (κ2) is 3.51. The first-order valence-corrected chi connectivity index (χ1v) is 5.18. The van der Waals surface area contributed by atoms with Crippen molar-refractivity contribution in [3.8, 4) is 0 Å². The Balaban J connectivity index is 2.69. The van der Waals surface area contributed by atoms with Crippen molar-refractivity contribution in [3.63, 3.8) is 0 Å². The molecule has 0 bridgehead atoms. The standard InChI is InChI=1S/C8H14NSi/c1-9-5-2-8(3-6-9)4-7-10/h2-3,5-6H,4,7H2,1,10H3/q+1. The first-order valence-electron chi connectivity index (χ1n) is 3.77. The van der Waals surface area contributed by atoms with Crippen LogP contribution in [0.4, 0.5) is 0 Å². The van der Waals surface area contributed by atoms with Crippen LogP contribution in [0.3, 0.4) is 0 Å². The normalized spacial score (nSPS) is 10.1. The predicted molar refractivity (Wildman–Crippen MR) is 46.1 cm³/mol. The maximum atomic E-state index is 2.19. The topological polar surface area (TPSA) is 3.88 Å². The third-order valence-corrected chi connectivity index (χ3v) is 2.09. The summed E-state index contributed by atoms with van der Waals surface area (Å²) in [5.41, 5.74) is 1.47. The number of hydrogen-bond donors (Lipinski definition) is 0. The molecule has 1 nitrogen and oxygen atoms in total. The van der Waals surface area contributed by atoms with Gasteiger partial charge in [0.2, 0.25) is 0 Å². The largest absolute Gasteiger partial charge is 0.208 e. The summed E-state index contributed by atoms with van der Waals surface area (Å²) < 4.78 is 2.07. The average molecular weight is 152 g/mol. The number of rotatable bonds is 2. The van der Waals surface area contributed by atoms with Gasteiger partial charge in [0.25, 0.3) is 0 Å². The van der Waals surface area contributed by atoms with E-state index in [1.54, 1.807) is 0 Å². The maximum Gasteiger partial charge on any atom is 0.168 e. The minimum Gasteiger partial charge on any atom is -0.208 e. The third kappa shape index (κ3) is 1.95. The van der Waals surface area contributed by atoms with Crippen LogP contribution < -0.4 is 4.57 Å². The number of pyridine rings is 1. The molecule has 0 atom stereocenters. The Morgan fingerprint density at radius 2 is 2.00 bits per heavy atom. The Bertz CT molecular complexity index is 193. The molecule has 0 saturated heterocycles. The molecule has 0 unspecified atom stereocenters. The van der Waals surface area contributed by atoms with Crippen molar-refractivity contribution < 1.29 is 4.57 Å². The van der Waals surface area contributed by atoms with Crippen molar-refractivity contribution in [2.24, 2.45) is 7.05 Å². The summed E-state index contributed by atoms with van der Waals surface area (Å²) in [6.45, 7) is 0. The zero-order valence-corrected chi connectivity index (χ0v) is 8.67. The van der Waals surface area contributed by atoms with Crippen molar-refractivity contribution >= 4 is 10.2 Å². The summed E-state index contributed by atoms with van der Waals surface area (Å²) in [6.07, 6.45) is 5.46. The van der Waals surface area contributed by atoms with Gasteiger partial charge in [0.05, 0.1) is 0 Å². The van der Waals surface area contributed by atoms with E-state index in [9.17, 15) is 0 Å². The molecule has 2 heteroatoms. The molecular formula is C8H14NSi+. The number of nitrogens with zero attached hydrogens (tertiary/aromatic N) is 1. The molecule has 0 spiro atoms. The predicted octanol–water partition coefficient (Wildman–Crippen LogP) is -0.163. The SMILES string of the molecule is C[n+]1ccc(CC[SiH3])cc1. The Labute approximate surface area is 65.1 Å². The van der Waals surface area contributed by atoms with E-state index in [2.05, 4.69) is 29.1 Å². The molecule has 0 N–H and O–H groups in total. The minimum atomic E-state index is 1.26. The fourth-order valence-electron chi connectivity index (χ4n) is 0.987. The van der Waals surface area contributed by atoms with Gasteiger partial charge in [-0.05, 0) is 12.0 Å². The summed E-state index contributed by atoms with van der Waals surface area (Å²) in [7, 11) is 3.36. The van der Waals surface area contributed by atoms with E-state index in [0.29, 0.717) is 0 Å². The molecule has 0 aliphatic rings. The van der Waals surface area contributed by atoms with Gasteiger partial charge < -0.3 is 0 Å². The van der Waals surface area contributed by atoms with E-state index >= 15 is 0 Å². The Morgan fingerprint density at radius 3 is 2.50 bits per heavy atom. The lowest BCUT2D eigenvalue weighted by Gasteiger charge is -1.93. The Hall–Kier alpha value is -0.633. The average Bonchev–Trinajstić information content (AvgIpc) is 1.95. The van der Waals surface area contributed by atoms with Crippen molar-refractivity contribution in [1.29, 1.82) is 0 Å². The van der Waals surface area contributed by atoms with Crippen molar-refractivity contribution in [2.75, 3.05) is 0 Å². The van der Waals surface area contributed by atoms with Gasteiger partial charge in [-0.2, -0.15) is 0 Å². The molecule has 0 aliphatic carbocycles. The first kappa shape index (κ1) is 7.47. The highest BCUT2D eigenvalue weighted by Gasteiger charge is 1.92. The van der Waals surface area contributed by atoms with Crippen LogP contribution in [0.1, 0.15) is 5.56 Å². The monoisotopic (exact) mass is 152 g/mol. The van der Waals surface area contributed by atoms with E-state index in [0.717, 1.165) is 0 Å². The molecule has 1 aromatic heterocycles. The Morgan fingerprint density at radius 1 is 1.40 bits per heavy atom. The fourth-order valence-corrected chi connectivity index (χ4v) is 1.56. The van der Waals surface area contributed by atoms with Gasteiger partial charge in [0.15, 0.2) is 12.4 Å². The van der Waals surface area contributed by atoms with Crippen molar-refractivity contribution in [3.05, 3.63) is 30.1 Å². The number of hydrogen-bond acceptors (Lipinski definition) is 0. The zero-order chi connectivity index (χ0) is 7.40. The smallest absolute Gasteiger partial charge is 0.168 e. The summed E-state index contributed by atoms with van der Waals surface area (Å²) in [5, 5.41) is 0. The highest BCUT2D eigenvalue weighted by atomic mass is 28.1. The van der Waals surface area contributed by atoms with E-state index in [1.165, 1.54) is 28.3 Å². The summed E-state index contributed by atoms with van der Waals surface area (Å²) in [5.74, 6) is 0. The molecule has 10 heavy (non-hydrogen) atoms. The van der Waals surface area contributed by atoms with Gasteiger partial charge in [0, 0.05) is 22.4 Å². The molecule has 1 rings (SSSR count). The lowest BCUT2D eigenvalue weighted by Crippen LogP contribution is -2.25. The van der Waals surface area contributed by atoms with Crippen LogP contribution in [0, 0.1) is 0 Å². The van der Waals surface area contributed by atoms with Crippen LogP contribution in [0.15, 0.2) is 24.5 Å². The van der Waals surface area contributed by atoms with Gasteiger partial charge in [-0.1, -0.05) is 6.04 Å². The van der Waals surface area contributed by atoms with E-state index in [1.807, 2.05) is 7.05 Å². The van der Waals surface area contributed by atoms with Gasteiger partial charge in [-0.15, -0.1) is 0 Å². The lowest BCUT2D eigenvalue weighted by atomic mass is 10.2. The molecule has 0 fully saturated rings. The molecule has 0 saturated carbocycles. The molecule has 54 valence electrons. The molecule has 1 heterocycles. The highest BCUT2D eigenvalue weighted by Crippen LogP contribution is 1.97. The zero-order valence-electron chi connectivity index (χ0n) is 6.67. The fraction of sp³-hybridized carbons (Fsp3) is 0.375. The minimum absolute atomic E-state index is 1.26. The molecular weight excluding hydrogens is 138 g/mol. The molecule has 0 amide bonds. The quantitative estimate of drug-likeness (QED) is 0.409. The number of aryl methyl sites for hydroxylation is 2. The molecule has 0 radical (unpaired) electrons. The van der Waals surface area contributed by atoms with Crippen LogP contribution >= 0.6 is 0 Å².